The molecule has 1 atom stereocenters. The number of hydrogen-bond acceptors (Lipinski definition) is 3. The lowest BCUT2D eigenvalue weighted by Gasteiger charge is -2.23. The van der Waals surface area contributed by atoms with Crippen LogP contribution < -0.4 is 5.32 Å². The monoisotopic (exact) mass is 345 g/mol. The molecule has 0 saturated carbocycles. The molecule has 1 amide bonds. The van der Waals surface area contributed by atoms with Gasteiger partial charge in [-0.3, -0.25) is 0 Å². The molecule has 1 aromatic carbocycles. The summed E-state index contributed by atoms with van der Waals surface area (Å²) in [6, 6.07) is 3.82. The van der Waals surface area contributed by atoms with E-state index in [4.69, 9.17) is 4.74 Å². The smallest absolute Gasteiger partial charge is 0.408 e. The average Bonchev–Trinajstić information content (AvgIpc) is 2.30. The second-order valence-electron chi connectivity index (χ2n) is 5.27. The molecule has 0 fully saturated rings. The van der Waals surface area contributed by atoms with Crippen molar-refractivity contribution in [2.24, 2.45) is 0 Å². The zero-order chi connectivity index (χ0) is 15.3. The van der Waals surface area contributed by atoms with Crippen molar-refractivity contribution in [3.05, 3.63) is 34.1 Å². The Morgan fingerprint density at radius 2 is 2.15 bits per heavy atom. The van der Waals surface area contributed by atoms with Gasteiger partial charge >= 0.3 is 6.09 Å². The highest BCUT2D eigenvalue weighted by Crippen LogP contribution is 2.22. The minimum absolute atomic E-state index is 0.0420. The lowest BCUT2D eigenvalue weighted by atomic mass is 10.0. The zero-order valence-electron chi connectivity index (χ0n) is 11.6. The summed E-state index contributed by atoms with van der Waals surface area (Å²) in [7, 11) is 0. The summed E-state index contributed by atoms with van der Waals surface area (Å²) in [6.45, 7) is 5.21. The third kappa shape index (κ3) is 5.28. The lowest BCUT2D eigenvalue weighted by molar-refractivity contribution is -0.108. The Morgan fingerprint density at radius 3 is 2.65 bits per heavy atom. The van der Waals surface area contributed by atoms with Crippen molar-refractivity contribution in [3.63, 3.8) is 0 Å². The van der Waals surface area contributed by atoms with Gasteiger partial charge < -0.3 is 14.8 Å². The molecule has 0 saturated heterocycles. The molecule has 20 heavy (non-hydrogen) atoms. The Hall–Kier alpha value is -1.43. The van der Waals surface area contributed by atoms with E-state index >= 15 is 0 Å². The van der Waals surface area contributed by atoms with E-state index in [2.05, 4.69) is 21.2 Å². The maximum absolute atomic E-state index is 13.5. The topological polar surface area (TPSA) is 55.4 Å². The highest BCUT2D eigenvalue weighted by molar-refractivity contribution is 9.10. The number of ether oxygens (including phenoxy) is 1. The number of aldehydes is 1. The molecule has 0 aliphatic heterocycles. The van der Waals surface area contributed by atoms with Gasteiger partial charge in [-0.15, -0.1) is 0 Å². The van der Waals surface area contributed by atoms with Crippen LogP contribution in [0.2, 0.25) is 0 Å². The second kappa shape index (κ2) is 6.83. The molecule has 0 aliphatic rings. The first-order chi connectivity index (χ1) is 9.23. The molecule has 0 aliphatic carbocycles. The van der Waals surface area contributed by atoms with Crippen LogP contribution in [-0.4, -0.2) is 18.0 Å². The molecule has 0 heterocycles. The molecule has 110 valence electrons. The number of hydrogen-bond donors (Lipinski definition) is 1. The minimum Gasteiger partial charge on any atom is -0.444 e. The summed E-state index contributed by atoms with van der Waals surface area (Å²) in [6.07, 6.45) is 0.0649. The molecule has 1 rings (SSSR count). The highest BCUT2D eigenvalue weighted by atomic mass is 79.9. The molecule has 0 aromatic heterocycles. The molecule has 1 aromatic rings. The first-order valence-electron chi connectivity index (χ1n) is 6.11. The lowest BCUT2D eigenvalue weighted by Crippen LogP contribution is -2.35. The number of carbonyl (C=O) groups is 2. The van der Waals surface area contributed by atoms with Crippen LogP contribution in [0.25, 0.3) is 0 Å². The van der Waals surface area contributed by atoms with Crippen molar-refractivity contribution in [1.82, 2.24) is 5.32 Å². The minimum atomic E-state index is -0.646. The molecule has 1 N–H and O–H groups in total. The van der Waals surface area contributed by atoms with Gasteiger partial charge in [-0.2, -0.15) is 0 Å². The van der Waals surface area contributed by atoms with Gasteiger partial charge in [-0.25, -0.2) is 9.18 Å². The predicted octanol–water partition coefficient (Wildman–Crippen LogP) is 3.74. The Bertz CT molecular complexity index is 500. The molecular formula is C14H17BrFNO3. The first kappa shape index (κ1) is 16.6. The fourth-order valence-corrected chi connectivity index (χ4v) is 1.80. The van der Waals surface area contributed by atoms with E-state index in [-0.39, 0.29) is 6.42 Å². The normalized spacial score (nSPS) is 12.7. The van der Waals surface area contributed by atoms with Crippen molar-refractivity contribution >= 4 is 28.3 Å². The van der Waals surface area contributed by atoms with Gasteiger partial charge in [-0.1, -0.05) is 6.07 Å². The summed E-state index contributed by atoms with van der Waals surface area (Å²) in [5.41, 5.74) is -0.135. The van der Waals surface area contributed by atoms with Crippen LogP contribution >= 0.6 is 15.9 Å². The van der Waals surface area contributed by atoms with E-state index in [1.54, 1.807) is 26.8 Å². The first-order valence-corrected chi connectivity index (χ1v) is 6.90. The Kier molecular flexibility index (Phi) is 5.68. The van der Waals surface area contributed by atoms with Gasteiger partial charge in [0.05, 0.1) is 10.5 Å². The van der Waals surface area contributed by atoms with Gasteiger partial charge in [0.1, 0.15) is 17.7 Å². The Labute approximate surface area is 125 Å². The van der Waals surface area contributed by atoms with Gasteiger partial charge in [0.15, 0.2) is 0 Å². The maximum atomic E-state index is 13.5. The average molecular weight is 346 g/mol. The van der Waals surface area contributed by atoms with Gasteiger partial charge in [0, 0.05) is 6.42 Å². The maximum Gasteiger partial charge on any atom is 0.408 e. The van der Waals surface area contributed by atoms with Crippen LogP contribution in [0.15, 0.2) is 22.7 Å². The van der Waals surface area contributed by atoms with E-state index in [9.17, 15) is 14.0 Å². The van der Waals surface area contributed by atoms with Crippen molar-refractivity contribution < 1.29 is 18.7 Å². The fourth-order valence-electron chi connectivity index (χ4n) is 1.55. The van der Waals surface area contributed by atoms with Crippen LogP contribution in [0.4, 0.5) is 9.18 Å². The van der Waals surface area contributed by atoms with E-state index in [1.807, 2.05) is 0 Å². The van der Waals surface area contributed by atoms with Crippen molar-refractivity contribution in [2.45, 2.75) is 38.8 Å². The van der Waals surface area contributed by atoms with Crippen LogP contribution in [0.1, 0.15) is 38.8 Å². The van der Waals surface area contributed by atoms with E-state index in [0.717, 1.165) is 0 Å². The SMILES string of the molecule is CC(C)(C)OC(=O)N[C@@H](CC=O)c1ccc(Br)c(F)c1. The number of nitrogens with one attached hydrogen (secondary N) is 1. The van der Waals surface area contributed by atoms with E-state index < -0.39 is 23.6 Å². The van der Waals surface area contributed by atoms with Crippen LogP contribution in [0, 0.1) is 5.82 Å². The molecule has 0 radical (unpaired) electrons. The number of rotatable bonds is 4. The second-order valence-corrected chi connectivity index (χ2v) is 6.13. The fraction of sp³-hybridized carbons (Fsp3) is 0.429. The number of amides is 1. The highest BCUT2D eigenvalue weighted by Gasteiger charge is 2.21. The van der Waals surface area contributed by atoms with Gasteiger partial charge in [-0.05, 0) is 54.4 Å². The molecule has 0 unspecified atom stereocenters. The summed E-state index contributed by atoms with van der Waals surface area (Å²) in [5, 5.41) is 2.56. The molecular weight excluding hydrogens is 329 g/mol. The third-order valence-corrected chi connectivity index (χ3v) is 3.01. The molecule has 0 bridgehead atoms. The number of benzene rings is 1. The van der Waals surface area contributed by atoms with Crippen LogP contribution in [0.5, 0.6) is 0 Å². The number of alkyl carbamates (subject to hydrolysis) is 1. The van der Waals surface area contributed by atoms with Crippen LogP contribution in [0.3, 0.4) is 0 Å². The summed E-state index contributed by atoms with van der Waals surface area (Å²) < 4.78 is 19.0. The van der Waals surface area contributed by atoms with Crippen molar-refractivity contribution in [1.29, 1.82) is 0 Å². The molecule has 6 heteroatoms. The summed E-state index contributed by atoms with van der Waals surface area (Å²) >= 11 is 3.05. The number of halogens is 2. The summed E-state index contributed by atoms with van der Waals surface area (Å²) in [5.74, 6) is -0.454. The largest absolute Gasteiger partial charge is 0.444 e. The van der Waals surface area contributed by atoms with E-state index in [0.29, 0.717) is 16.3 Å². The van der Waals surface area contributed by atoms with Gasteiger partial charge in [0.2, 0.25) is 0 Å². The quantitative estimate of drug-likeness (QED) is 0.845. The number of carbonyl (C=O) groups excluding carboxylic acids is 2. The van der Waals surface area contributed by atoms with Crippen LogP contribution in [-0.2, 0) is 9.53 Å². The predicted molar refractivity (Wildman–Crippen MR) is 76.9 cm³/mol. The van der Waals surface area contributed by atoms with Gasteiger partial charge in [0.25, 0.3) is 0 Å². The Balaban J connectivity index is 2.85. The van der Waals surface area contributed by atoms with Crippen molar-refractivity contribution in [3.8, 4) is 0 Å². The van der Waals surface area contributed by atoms with E-state index in [1.165, 1.54) is 12.1 Å². The third-order valence-electron chi connectivity index (χ3n) is 2.37. The van der Waals surface area contributed by atoms with Crippen molar-refractivity contribution in [2.75, 3.05) is 0 Å². The zero-order valence-corrected chi connectivity index (χ0v) is 13.2. The molecule has 4 nitrogen and oxygen atoms in total. The standard InChI is InChI=1S/C14H17BrFNO3/c1-14(2,3)20-13(19)17-12(6-7-18)9-4-5-10(15)11(16)8-9/h4-5,7-8,12H,6H2,1-3H3,(H,17,19)/t12-/m0/s1. The Morgan fingerprint density at radius 1 is 1.50 bits per heavy atom. The molecule has 0 spiro atoms. The summed E-state index contributed by atoms with van der Waals surface area (Å²) in [4.78, 5) is 22.4.